The van der Waals surface area contributed by atoms with Gasteiger partial charge >= 0.3 is 0 Å². The zero-order valence-electron chi connectivity index (χ0n) is 25.4. The molecular weight excluding hydrogens is 617 g/mol. The molecule has 0 saturated carbocycles. The second-order valence-electron chi connectivity index (χ2n) is 11.2. The monoisotopic (exact) mass is 651 g/mol. The molecule has 6 nitrogen and oxygen atoms in total. The fraction of sp³-hybridized carbons (Fsp3) is 0.216. The molecule has 1 aromatic heterocycles. The van der Waals surface area contributed by atoms with Crippen molar-refractivity contribution in [3.05, 3.63) is 148 Å². The van der Waals surface area contributed by atoms with E-state index in [1.165, 1.54) is 23.4 Å². The molecule has 2 heterocycles. The van der Waals surface area contributed by atoms with Crippen LogP contribution in [0.3, 0.4) is 0 Å². The Morgan fingerprint density at radius 2 is 1.39 bits per heavy atom. The van der Waals surface area contributed by atoms with Gasteiger partial charge in [-0.25, -0.2) is 14.4 Å². The van der Waals surface area contributed by atoms with Gasteiger partial charge in [0.25, 0.3) is 5.91 Å². The van der Waals surface area contributed by atoms with Crippen LogP contribution in [0.15, 0.2) is 120 Å². The predicted octanol–water partition coefficient (Wildman–Crippen LogP) is 7.77. The summed E-state index contributed by atoms with van der Waals surface area (Å²) in [5, 5.41) is 0.980. The van der Waals surface area contributed by atoms with Crippen molar-refractivity contribution < 1.29 is 9.18 Å². The minimum atomic E-state index is -0.204. The van der Waals surface area contributed by atoms with Crippen LogP contribution >= 0.6 is 23.4 Å². The number of rotatable bonds is 11. The third-order valence-corrected chi connectivity index (χ3v) is 9.16. The molecule has 46 heavy (non-hydrogen) atoms. The van der Waals surface area contributed by atoms with Crippen LogP contribution in [0.1, 0.15) is 27.0 Å². The van der Waals surface area contributed by atoms with E-state index in [1.807, 2.05) is 77.7 Å². The summed E-state index contributed by atoms with van der Waals surface area (Å²) >= 11 is 7.92. The Balaban J connectivity index is 1.07. The summed E-state index contributed by atoms with van der Waals surface area (Å²) in [5.74, 6) is 1.21. The standard InChI is InChI=1S/C37H35ClFN5OS/c38-34-25-35(43-23-21-42(22-24-43)33-14-8-7-13-32(33)39)41-37(40-34)46-27-30-15-17-31(18-16-30)36(45)44(26-29-11-5-2-6-12-29)20-19-28-9-3-1-4-10-28/h1-18,25H,19-24,26-27H2. The molecule has 0 N–H and O–H groups in total. The normalized spacial score (nSPS) is 13.1. The maximum Gasteiger partial charge on any atom is 0.254 e. The van der Waals surface area contributed by atoms with E-state index in [0.717, 1.165) is 23.4 Å². The van der Waals surface area contributed by atoms with Gasteiger partial charge in [-0.05, 0) is 47.4 Å². The van der Waals surface area contributed by atoms with Crippen molar-refractivity contribution in [3.8, 4) is 0 Å². The van der Waals surface area contributed by atoms with Crippen LogP contribution in [-0.4, -0.2) is 53.5 Å². The van der Waals surface area contributed by atoms with Gasteiger partial charge in [0, 0.05) is 56.7 Å². The largest absolute Gasteiger partial charge is 0.366 e. The number of carbonyl (C=O) groups excluding carboxylic acids is 1. The molecule has 1 aliphatic heterocycles. The number of aromatic nitrogens is 2. The number of hydrogen-bond donors (Lipinski definition) is 0. The van der Waals surface area contributed by atoms with E-state index in [-0.39, 0.29) is 11.7 Å². The summed E-state index contributed by atoms with van der Waals surface area (Å²) in [6.07, 6.45) is 0.789. The van der Waals surface area contributed by atoms with Crippen LogP contribution < -0.4 is 9.80 Å². The van der Waals surface area contributed by atoms with E-state index in [0.29, 0.717) is 66.6 Å². The summed E-state index contributed by atoms with van der Waals surface area (Å²) < 4.78 is 14.3. The number of anilines is 2. The number of hydrogen-bond acceptors (Lipinski definition) is 6. The predicted molar refractivity (Wildman–Crippen MR) is 185 cm³/mol. The van der Waals surface area contributed by atoms with Gasteiger partial charge in [-0.15, -0.1) is 0 Å². The summed E-state index contributed by atoms with van der Waals surface area (Å²) in [6.45, 7) is 3.96. The topological polar surface area (TPSA) is 52.6 Å². The summed E-state index contributed by atoms with van der Waals surface area (Å²) in [4.78, 5) is 29.0. The molecule has 0 unspecified atom stereocenters. The number of halogens is 2. The Kier molecular flexibility index (Phi) is 10.5. The molecule has 234 valence electrons. The van der Waals surface area contributed by atoms with Crippen molar-refractivity contribution in [2.75, 3.05) is 42.5 Å². The Morgan fingerprint density at radius 1 is 0.761 bits per heavy atom. The van der Waals surface area contributed by atoms with Gasteiger partial charge in [0.05, 0.1) is 5.69 Å². The first-order chi connectivity index (χ1) is 22.5. The third kappa shape index (κ3) is 8.24. The smallest absolute Gasteiger partial charge is 0.254 e. The van der Waals surface area contributed by atoms with E-state index in [4.69, 9.17) is 16.6 Å². The fourth-order valence-corrected chi connectivity index (χ4v) is 6.57. The van der Waals surface area contributed by atoms with Gasteiger partial charge < -0.3 is 14.7 Å². The minimum absolute atomic E-state index is 0.0110. The van der Waals surface area contributed by atoms with Crippen LogP contribution in [0.4, 0.5) is 15.9 Å². The molecule has 0 radical (unpaired) electrons. The van der Waals surface area contributed by atoms with Crippen molar-refractivity contribution in [2.45, 2.75) is 23.9 Å². The fourth-order valence-electron chi connectivity index (χ4n) is 5.54. The highest BCUT2D eigenvalue weighted by Gasteiger charge is 2.21. The SMILES string of the molecule is O=C(c1ccc(CSc2nc(Cl)cc(N3CCN(c4ccccc4F)CC3)n2)cc1)N(CCc1ccccc1)Cc1ccccc1. The Hall–Kier alpha value is -4.40. The van der Waals surface area contributed by atoms with Crippen molar-refractivity contribution >= 4 is 40.8 Å². The maximum absolute atomic E-state index is 14.3. The molecule has 9 heteroatoms. The first kappa shape index (κ1) is 31.6. The molecule has 0 spiro atoms. The highest BCUT2D eigenvalue weighted by atomic mass is 35.5. The average Bonchev–Trinajstić information content (AvgIpc) is 3.10. The van der Waals surface area contributed by atoms with Crippen LogP contribution in [0, 0.1) is 5.82 Å². The number of benzene rings is 4. The van der Waals surface area contributed by atoms with Gasteiger partial charge in [0.1, 0.15) is 16.8 Å². The van der Waals surface area contributed by atoms with E-state index in [1.54, 1.807) is 12.1 Å². The highest BCUT2D eigenvalue weighted by Crippen LogP contribution is 2.27. The van der Waals surface area contributed by atoms with Gasteiger partial charge in [0.2, 0.25) is 0 Å². The van der Waals surface area contributed by atoms with Crippen LogP contribution in [0.2, 0.25) is 5.15 Å². The summed E-state index contributed by atoms with van der Waals surface area (Å²) in [6, 6.07) is 36.8. The van der Waals surface area contributed by atoms with Crippen LogP contribution in [0.25, 0.3) is 0 Å². The molecule has 0 atom stereocenters. The third-order valence-electron chi connectivity index (χ3n) is 8.04. The van der Waals surface area contributed by atoms with Gasteiger partial charge in [0.15, 0.2) is 5.16 Å². The lowest BCUT2D eigenvalue weighted by Crippen LogP contribution is -2.47. The molecule has 1 fully saturated rings. The zero-order valence-corrected chi connectivity index (χ0v) is 27.0. The van der Waals surface area contributed by atoms with E-state index in [9.17, 15) is 9.18 Å². The summed E-state index contributed by atoms with van der Waals surface area (Å²) in [5.41, 5.74) is 4.65. The van der Waals surface area contributed by atoms with Crippen molar-refractivity contribution in [1.29, 1.82) is 0 Å². The molecule has 0 aliphatic carbocycles. The van der Waals surface area contributed by atoms with Crippen LogP contribution in [-0.2, 0) is 18.7 Å². The van der Waals surface area contributed by atoms with E-state index in [2.05, 4.69) is 39.0 Å². The van der Waals surface area contributed by atoms with Crippen molar-refractivity contribution in [2.24, 2.45) is 0 Å². The quantitative estimate of drug-likeness (QED) is 0.0826. The van der Waals surface area contributed by atoms with Crippen LogP contribution in [0.5, 0.6) is 0 Å². The van der Waals surface area contributed by atoms with Crippen molar-refractivity contribution in [3.63, 3.8) is 0 Å². The molecular formula is C37H35ClFN5OS. The number of nitrogens with zero attached hydrogens (tertiary/aromatic N) is 5. The Bertz CT molecular complexity index is 1730. The molecule has 6 rings (SSSR count). The Morgan fingerprint density at radius 3 is 2.09 bits per heavy atom. The molecule has 1 amide bonds. The summed E-state index contributed by atoms with van der Waals surface area (Å²) in [7, 11) is 0. The number of piperazine rings is 1. The number of para-hydroxylation sites is 1. The van der Waals surface area contributed by atoms with Crippen molar-refractivity contribution in [1.82, 2.24) is 14.9 Å². The zero-order chi connectivity index (χ0) is 31.7. The molecule has 4 aromatic carbocycles. The first-order valence-electron chi connectivity index (χ1n) is 15.4. The van der Waals surface area contributed by atoms with Gasteiger partial charge in [-0.3, -0.25) is 4.79 Å². The van der Waals surface area contributed by atoms with Gasteiger partial charge in [-0.2, -0.15) is 0 Å². The van der Waals surface area contributed by atoms with Gasteiger partial charge in [-0.1, -0.05) is 108 Å². The average molecular weight is 652 g/mol. The number of amides is 1. The molecule has 1 saturated heterocycles. The first-order valence-corrected chi connectivity index (χ1v) is 16.8. The van der Waals surface area contributed by atoms with E-state index < -0.39 is 0 Å². The highest BCUT2D eigenvalue weighted by molar-refractivity contribution is 7.98. The van der Waals surface area contributed by atoms with E-state index >= 15 is 0 Å². The second kappa shape index (κ2) is 15.3. The second-order valence-corrected chi connectivity index (χ2v) is 12.5. The lowest BCUT2D eigenvalue weighted by molar-refractivity contribution is 0.0745. The number of carbonyl (C=O) groups is 1. The molecule has 5 aromatic rings. The number of thioether (sulfide) groups is 1. The lowest BCUT2D eigenvalue weighted by Gasteiger charge is -2.36. The molecule has 0 bridgehead atoms. The molecule has 1 aliphatic rings. The maximum atomic E-state index is 14.3. The Labute approximate surface area is 278 Å². The lowest BCUT2D eigenvalue weighted by atomic mass is 10.1. The minimum Gasteiger partial charge on any atom is -0.366 e.